The molecule has 12 heavy (non-hydrogen) atoms. The zero-order valence-corrected chi connectivity index (χ0v) is 8.77. The summed E-state index contributed by atoms with van der Waals surface area (Å²) in [5.41, 5.74) is 0. The smallest absolute Gasteiger partial charge is 0.148 e. The van der Waals surface area contributed by atoms with E-state index in [9.17, 15) is 0 Å². The quantitative estimate of drug-likeness (QED) is 0.732. The van der Waals surface area contributed by atoms with Crippen LogP contribution in [0.1, 0.15) is 19.9 Å². The number of thioether (sulfide) groups is 1. The minimum Gasteiger partial charge on any atom is -0.372 e. The summed E-state index contributed by atoms with van der Waals surface area (Å²) < 4.78 is 2.02. The van der Waals surface area contributed by atoms with Crippen LogP contribution in [0.5, 0.6) is 0 Å². The molecule has 0 aliphatic carbocycles. The Morgan fingerprint density at radius 1 is 1.58 bits per heavy atom. The Morgan fingerprint density at radius 2 is 2.25 bits per heavy atom. The molecule has 1 rings (SSSR count). The van der Waals surface area contributed by atoms with Crippen molar-refractivity contribution in [3.63, 3.8) is 0 Å². The van der Waals surface area contributed by atoms with Crippen molar-refractivity contribution < 1.29 is 0 Å². The van der Waals surface area contributed by atoms with E-state index >= 15 is 0 Å². The molecule has 0 atom stereocenters. The number of aromatic nitrogens is 2. The third-order valence-electron chi connectivity index (χ3n) is 1.66. The highest BCUT2D eigenvalue weighted by molar-refractivity contribution is 7.98. The Kier molecular flexibility index (Phi) is 3.03. The Morgan fingerprint density at radius 3 is 2.58 bits per heavy atom. The van der Waals surface area contributed by atoms with Gasteiger partial charge in [0.1, 0.15) is 5.82 Å². The number of nitrogens with zero attached hydrogens (tertiary/aromatic N) is 2. The number of rotatable bonds is 3. The second kappa shape index (κ2) is 3.85. The SMILES string of the molecule is CNc1cc(SC)n(C(C)C)n1. The van der Waals surface area contributed by atoms with Gasteiger partial charge in [0.15, 0.2) is 0 Å². The van der Waals surface area contributed by atoms with Crippen LogP contribution in [0.2, 0.25) is 0 Å². The molecule has 4 heteroatoms. The van der Waals surface area contributed by atoms with Gasteiger partial charge in [0.05, 0.1) is 5.03 Å². The first-order valence-corrected chi connectivity index (χ1v) is 5.22. The summed E-state index contributed by atoms with van der Waals surface area (Å²) in [4.78, 5) is 0. The van der Waals surface area contributed by atoms with E-state index in [-0.39, 0.29) is 0 Å². The maximum absolute atomic E-state index is 4.38. The highest BCUT2D eigenvalue weighted by Crippen LogP contribution is 2.22. The zero-order valence-electron chi connectivity index (χ0n) is 7.96. The lowest BCUT2D eigenvalue weighted by atomic mass is 10.4. The van der Waals surface area contributed by atoms with Gasteiger partial charge >= 0.3 is 0 Å². The van der Waals surface area contributed by atoms with Crippen molar-refractivity contribution in [3.05, 3.63) is 6.07 Å². The van der Waals surface area contributed by atoms with Crippen molar-refractivity contribution >= 4 is 17.6 Å². The van der Waals surface area contributed by atoms with Gasteiger partial charge in [-0.2, -0.15) is 5.10 Å². The largest absolute Gasteiger partial charge is 0.372 e. The van der Waals surface area contributed by atoms with E-state index in [0.717, 1.165) is 5.82 Å². The van der Waals surface area contributed by atoms with Crippen LogP contribution in [0, 0.1) is 0 Å². The predicted molar refractivity (Wildman–Crippen MR) is 53.9 cm³/mol. The normalized spacial score (nSPS) is 10.8. The molecule has 0 saturated heterocycles. The van der Waals surface area contributed by atoms with Gasteiger partial charge in [-0.25, -0.2) is 0 Å². The highest BCUT2D eigenvalue weighted by Gasteiger charge is 2.07. The van der Waals surface area contributed by atoms with Gasteiger partial charge in [-0.05, 0) is 20.1 Å². The third kappa shape index (κ3) is 1.75. The van der Waals surface area contributed by atoms with E-state index < -0.39 is 0 Å². The molecule has 0 unspecified atom stereocenters. The molecule has 1 aromatic heterocycles. The van der Waals surface area contributed by atoms with E-state index in [2.05, 4.69) is 36.6 Å². The van der Waals surface area contributed by atoms with Gasteiger partial charge in [0.25, 0.3) is 0 Å². The average molecular weight is 185 g/mol. The summed E-state index contributed by atoms with van der Waals surface area (Å²) in [6.07, 6.45) is 2.06. The summed E-state index contributed by atoms with van der Waals surface area (Å²) in [7, 11) is 1.89. The van der Waals surface area contributed by atoms with Crippen LogP contribution in [-0.2, 0) is 0 Å². The molecular formula is C8H15N3S. The molecule has 68 valence electrons. The third-order valence-corrected chi connectivity index (χ3v) is 2.38. The van der Waals surface area contributed by atoms with Gasteiger partial charge < -0.3 is 5.32 Å². The van der Waals surface area contributed by atoms with Crippen LogP contribution in [0.15, 0.2) is 11.1 Å². The lowest BCUT2D eigenvalue weighted by Crippen LogP contribution is -2.04. The van der Waals surface area contributed by atoms with Crippen LogP contribution in [0.4, 0.5) is 5.82 Å². The Balaban J connectivity index is 3.00. The molecule has 1 aromatic rings. The van der Waals surface area contributed by atoms with E-state index in [0.29, 0.717) is 6.04 Å². The first-order valence-electron chi connectivity index (χ1n) is 4.00. The molecule has 0 aromatic carbocycles. The minimum absolute atomic E-state index is 0.426. The molecule has 0 aliphatic rings. The lowest BCUT2D eigenvalue weighted by molar-refractivity contribution is 0.494. The van der Waals surface area contributed by atoms with Gasteiger partial charge in [-0.3, -0.25) is 4.68 Å². The fourth-order valence-electron chi connectivity index (χ4n) is 1.02. The lowest BCUT2D eigenvalue weighted by Gasteiger charge is -2.07. The van der Waals surface area contributed by atoms with E-state index in [4.69, 9.17) is 0 Å². The standard InChI is InChI=1S/C8H15N3S/c1-6(2)11-8(12-4)5-7(9-3)10-11/h5-6H,1-4H3,(H,9,10). The molecular weight excluding hydrogens is 170 g/mol. The maximum Gasteiger partial charge on any atom is 0.148 e. The summed E-state index contributed by atoms with van der Waals surface area (Å²) in [5, 5.41) is 8.62. The number of hydrogen-bond acceptors (Lipinski definition) is 3. The summed E-state index contributed by atoms with van der Waals surface area (Å²) in [6, 6.07) is 2.49. The molecule has 0 saturated carbocycles. The van der Waals surface area contributed by atoms with E-state index in [1.165, 1.54) is 5.03 Å². The maximum atomic E-state index is 4.38. The average Bonchev–Trinajstić information content (AvgIpc) is 2.47. The number of nitrogens with one attached hydrogen (secondary N) is 1. The van der Waals surface area contributed by atoms with Crippen molar-refractivity contribution in [2.24, 2.45) is 0 Å². The number of hydrogen-bond donors (Lipinski definition) is 1. The predicted octanol–water partition coefficient (Wildman–Crippen LogP) is 2.23. The van der Waals surface area contributed by atoms with Crippen molar-refractivity contribution in [3.8, 4) is 0 Å². The summed E-state index contributed by atoms with van der Waals surface area (Å²) in [5.74, 6) is 0.938. The van der Waals surface area contributed by atoms with E-state index in [1.807, 2.05) is 11.7 Å². The Labute approximate surface area is 77.5 Å². The van der Waals surface area contributed by atoms with Crippen LogP contribution in [0.25, 0.3) is 0 Å². The first-order chi connectivity index (χ1) is 5.69. The van der Waals surface area contributed by atoms with Crippen molar-refractivity contribution in [2.45, 2.75) is 24.9 Å². The fraction of sp³-hybridized carbons (Fsp3) is 0.625. The molecule has 3 nitrogen and oxygen atoms in total. The molecule has 1 heterocycles. The molecule has 0 aliphatic heterocycles. The van der Waals surface area contributed by atoms with Crippen molar-refractivity contribution in [2.75, 3.05) is 18.6 Å². The first kappa shape index (κ1) is 9.45. The van der Waals surface area contributed by atoms with Crippen LogP contribution < -0.4 is 5.32 Å². The van der Waals surface area contributed by atoms with Gasteiger partial charge in [-0.15, -0.1) is 11.8 Å². The molecule has 0 bridgehead atoms. The molecule has 1 N–H and O–H groups in total. The van der Waals surface area contributed by atoms with Crippen molar-refractivity contribution in [1.82, 2.24) is 9.78 Å². The summed E-state index contributed by atoms with van der Waals surface area (Å²) >= 11 is 1.72. The van der Waals surface area contributed by atoms with Gasteiger partial charge in [-0.1, -0.05) is 0 Å². The van der Waals surface area contributed by atoms with E-state index in [1.54, 1.807) is 11.8 Å². The highest BCUT2D eigenvalue weighted by atomic mass is 32.2. The molecule has 0 radical (unpaired) electrons. The van der Waals surface area contributed by atoms with Gasteiger partial charge in [0.2, 0.25) is 0 Å². The number of anilines is 1. The molecule has 0 fully saturated rings. The molecule has 0 amide bonds. The Hall–Kier alpha value is -0.640. The van der Waals surface area contributed by atoms with Crippen molar-refractivity contribution in [1.29, 1.82) is 0 Å². The monoisotopic (exact) mass is 185 g/mol. The van der Waals surface area contributed by atoms with Crippen LogP contribution in [-0.4, -0.2) is 23.1 Å². The second-order valence-electron chi connectivity index (χ2n) is 2.86. The topological polar surface area (TPSA) is 29.9 Å². The Bertz CT molecular complexity index is 255. The van der Waals surface area contributed by atoms with Gasteiger partial charge in [0, 0.05) is 19.2 Å². The fourth-order valence-corrected chi connectivity index (χ4v) is 1.69. The summed E-state index contributed by atoms with van der Waals surface area (Å²) in [6.45, 7) is 4.26. The molecule has 0 spiro atoms. The zero-order chi connectivity index (χ0) is 9.14. The second-order valence-corrected chi connectivity index (χ2v) is 3.69. The van der Waals surface area contributed by atoms with Crippen LogP contribution in [0.3, 0.4) is 0 Å². The van der Waals surface area contributed by atoms with Crippen LogP contribution >= 0.6 is 11.8 Å². The minimum atomic E-state index is 0.426.